The highest BCUT2D eigenvalue weighted by Gasteiger charge is 2.25. The molecule has 0 saturated heterocycles. The lowest BCUT2D eigenvalue weighted by molar-refractivity contribution is 0.0686. The van der Waals surface area contributed by atoms with Gasteiger partial charge < -0.3 is 9.42 Å². The minimum absolute atomic E-state index is 0.114. The number of nitrogens with zero attached hydrogens (tertiary/aromatic N) is 2. The van der Waals surface area contributed by atoms with E-state index in [0.29, 0.717) is 27.1 Å². The second kappa shape index (κ2) is 6.93. The molecule has 4 nitrogen and oxygen atoms in total. The largest absolute Gasteiger partial charge is 0.355 e. The van der Waals surface area contributed by atoms with Crippen molar-refractivity contribution in [1.82, 2.24) is 10.1 Å². The van der Waals surface area contributed by atoms with Crippen molar-refractivity contribution in [3.8, 4) is 11.3 Å². The van der Waals surface area contributed by atoms with Crippen LogP contribution in [0.25, 0.3) is 11.3 Å². The molecule has 1 saturated carbocycles. The van der Waals surface area contributed by atoms with Gasteiger partial charge in [-0.05, 0) is 31.0 Å². The van der Waals surface area contributed by atoms with Gasteiger partial charge in [-0.15, -0.1) is 0 Å². The van der Waals surface area contributed by atoms with Gasteiger partial charge in [0.25, 0.3) is 5.91 Å². The van der Waals surface area contributed by atoms with Crippen molar-refractivity contribution >= 4 is 29.1 Å². The summed E-state index contributed by atoms with van der Waals surface area (Å²) < 4.78 is 5.31. The molecule has 6 heteroatoms. The summed E-state index contributed by atoms with van der Waals surface area (Å²) in [6.07, 6.45) is 5.70. The molecule has 0 radical (unpaired) electrons. The number of rotatable bonds is 3. The lowest BCUT2D eigenvalue weighted by Gasteiger charge is -2.30. The smallest absolute Gasteiger partial charge is 0.276 e. The van der Waals surface area contributed by atoms with Crippen molar-refractivity contribution in [2.45, 2.75) is 38.1 Å². The minimum atomic E-state index is -0.114. The van der Waals surface area contributed by atoms with Gasteiger partial charge in [-0.3, -0.25) is 4.79 Å². The zero-order valence-electron chi connectivity index (χ0n) is 12.9. The van der Waals surface area contributed by atoms with Gasteiger partial charge >= 0.3 is 0 Å². The van der Waals surface area contributed by atoms with Gasteiger partial charge in [-0.2, -0.15) is 0 Å². The standard InChI is InChI=1S/C17H18Cl2N2O2/c1-21(12-5-3-2-4-6-12)17(22)15-10-16(23-20-15)13-8-7-11(18)9-14(13)19/h7-10,12H,2-6H2,1H3. The normalized spacial score (nSPS) is 15.6. The van der Waals surface area contributed by atoms with Gasteiger partial charge in [0.15, 0.2) is 11.5 Å². The number of carbonyl (C=O) groups is 1. The van der Waals surface area contributed by atoms with E-state index in [2.05, 4.69) is 5.16 Å². The molecule has 1 aliphatic rings. The Morgan fingerprint density at radius 1 is 1.22 bits per heavy atom. The van der Waals surface area contributed by atoms with Crippen molar-refractivity contribution < 1.29 is 9.32 Å². The van der Waals surface area contributed by atoms with Crippen molar-refractivity contribution in [3.05, 3.63) is 40.0 Å². The molecule has 0 aliphatic heterocycles. The van der Waals surface area contributed by atoms with E-state index >= 15 is 0 Å². The summed E-state index contributed by atoms with van der Waals surface area (Å²) in [5, 5.41) is 4.93. The predicted molar refractivity (Wildman–Crippen MR) is 90.9 cm³/mol. The summed E-state index contributed by atoms with van der Waals surface area (Å²) in [7, 11) is 1.84. The van der Waals surface area contributed by atoms with Crippen LogP contribution >= 0.6 is 23.2 Å². The fraction of sp³-hybridized carbons (Fsp3) is 0.412. The molecule has 1 heterocycles. The van der Waals surface area contributed by atoms with Crippen molar-refractivity contribution in [1.29, 1.82) is 0 Å². The highest BCUT2D eigenvalue weighted by atomic mass is 35.5. The van der Waals surface area contributed by atoms with Gasteiger partial charge in [-0.1, -0.05) is 47.6 Å². The number of amides is 1. The Balaban J connectivity index is 1.79. The maximum atomic E-state index is 12.6. The first-order chi connectivity index (χ1) is 11.1. The van der Waals surface area contributed by atoms with Crippen LogP contribution in [0, 0.1) is 0 Å². The first-order valence-electron chi connectivity index (χ1n) is 7.75. The molecule has 0 unspecified atom stereocenters. The van der Waals surface area contributed by atoms with Crippen LogP contribution in [0.4, 0.5) is 0 Å². The van der Waals surface area contributed by atoms with Crippen LogP contribution in [0.15, 0.2) is 28.8 Å². The molecular formula is C17H18Cl2N2O2. The van der Waals surface area contributed by atoms with E-state index in [-0.39, 0.29) is 11.9 Å². The lowest BCUT2D eigenvalue weighted by Crippen LogP contribution is -2.38. The Morgan fingerprint density at radius 2 is 1.96 bits per heavy atom. The molecular weight excluding hydrogens is 335 g/mol. The molecule has 2 aromatic rings. The number of aromatic nitrogens is 1. The third kappa shape index (κ3) is 3.54. The van der Waals surface area contributed by atoms with E-state index in [9.17, 15) is 4.79 Å². The Kier molecular flexibility index (Phi) is 4.93. The van der Waals surface area contributed by atoms with Crippen molar-refractivity contribution in [3.63, 3.8) is 0 Å². The van der Waals surface area contributed by atoms with Crippen LogP contribution in [0.2, 0.25) is 10.0 Å². The molecule has 1 amide bonds. The van der Waals surface area contributed by atoms with Crippen molar-refractivity contribution in [2.75, 3.05) is 7.05 Å². The molecule has 3 rings (SSSR count). The van der Waals surface area contributed by atoms with E-state index in [1.54, 1.807) is 29.2 Å². The lowest BCUT2D eigenvalue weighted by atomic mass is 9.94. The fourth-order valence-electron chi connectivity index (χ4n) is 3.01. The molecule has 1 aliphatic carbocycles. The highest BCUT2D eigenvalue weighted by molar-refractivity contribution is 6.36. The summed E-state index contributed by atoms with van der Waals surface area (Å²) in [6.45, 7) is 0. The van der Waals surface area contributed by atoms with Gasteiger partial charge in [0.2, 0.25) is 0 Å². The molecule has 122 valence electrons. The van der Waals surface area contributed by atoms with Crippen LogP contribution in [-0.4, -0.2) is 29.1 Å². The highest BCUT2D eigenvalue weighted by Crippen LogP contribution is 2.31. The molecule has 0 bridgehead atoms. The van der Waals surface area contributed by atoms with E-state index in [1.165, 1.54) is 19.3 Å². The SMILES string of the molecule is CN(C(=O)c1cc(-c2ccc(Cl)cc2Cl)on1)C1CCCCC1. The second-order valence-corrected chi connectivity index (χ2v) is 6.75. The number of hydrogen-bond donors (Lipinski definition) is 0. The van der Waals surface area contributed by atoms with Crippen LogP contribution in [-0.2, 0) is 0 Å². The topological polar surface area (TPSA) is 46.3 Å². The zero-order chi connectivity index (χ0) is 16.4. The summed E-state index contributed by atoms with van der Waals surface area (Å²) in [6, 6.07) is 7.04. The van der Waals surface area contributed by atoms with Crippen LogP contribution < -0.4 is 0 Å². The maximum absolute atomic E-state index is 12.6. The molecule has 0 N–H and O–H groups in total. The van der Waals surface area contributed by atoms with E-state index in [1.807, 2.05) is 7.05 Å². The van der Waals surface area contributed by atoms with Crippen LogP contribution in [0.3, 0.4) is 0 Å². The molecule has 1 aromatic carbocycles. The Bertz CT molecular complexity index is 708. The van der Waals surface area contributed by atoms with Gasteiger partial charge in [0, 0.05) is 29.7 Å². The first-order valence-corrected chi connectivity index (χ1v) is 8.51. The number of hydrogen-bond acceptors (Lipinski definition) is 3. The summed E-state index contributed by atoms with van der Waals surface area (Å²) >= 11 is 12.1. The summed E-state index contributed by atoms with van der Waals surface area (Å²) in [5.74, 6) is 0.351. The van der Waals surface area contributed by atoms with Crippen LogP contribution in [0.5, 0.6) is 0 Å². The Morgan fingerprint density at radius 3 is 2.65 bits per heavy atom. The maximum Gasteiger partial charge on any atom is 0.276 e. The average molecular weight is 353 g/mol. The molecule has 1 fully saturated rings. The molecule has 1 aromatic heterocycles. The van der Waals surface area contributed by atoms with Gasteiger partial charge in [0.1, 0.15) is 0 Å². The average Bonchev–Trinajstić information content (AvgIpc) is 3.04. The minimum Gasteiger partial charge on any atom is -0.355 e. The third-order valence-corrected chi connectivity index (χ3v) is 4.92. The predicted octanol–water partition coefficient (Wildman–Crippen LogP) is 5.05. The Labute approximate surface area is 145 Å². The first kappa shape index (κ1) is 16.3. The zero-order valence-corrected chi connectivity index (χ0v) is 14.4. The quantitative estimate of drug-likeness (QED) is 0.775. The van der Waals surface area contributed by atoms with Crippen LogP contribution in [0.1, 0.15) is 42.6 Å². The molecule has 0 atom stereocenters. The van der Waals surface area contributed by atoms with Gasteiger partial charge in [-0.25, -0.2) is 0 Å². The van der Waals surface area contributed by atoms with Crippen molar-refractivity contribution in [2.24, 2.45) is 0 Å². The number of carbonyl (C=O) groups excluding carboxylic acids is 1. The monoisotopic (exact) mass is 352 g/mol. The number of benzene rings is 1. The Hall–Kier alpha value is -1.52. The second-order valence-electron chi connectivity index (χ2n) is 5.91. The van der Waals surface area contributed by atoms with E-state index < -0.39 is 0 Å². The van der Waals surface area contributed by atoms with E-state index in [4.69, 9.17) is 27.7 Å². The van der Waals surface area contributed by atoms with Gasteiger partial charge in [0.05, 0.1) is 5.02 Å². The summed E-state index contributed by atoms with van der Waals surface area (Å²) in [5.41, 5.74) is 0.974. The molecule has 0 spiro atoms. The molecule has 23 heavy (non-hydrogen) atoms. The third-order valence-electron chi connectivity index (χ3n) is 4.37. The van der Waals surface area contributed by atoms with E-state index in [0.717, 1.165) is 12.8 Å². The summed E-state index contributed by atoms with van der Waals surface area (Å²) in [4.78, 5) is 14.4. The number of halogens is 2. The fourth-order valence-corrected chi connectivity index (χ4v) is 3.51.